The second kappa shape index (κ2) is 11.5. The molecule has 0 rings (SSSR count). The Kier molecular flexibility index (Phi) is 11.0. The molecule has 0 saturated carbocycles. The van der Waals surface area contributed by atoms with E-state index < -0.39 is 35.1 Å². The van der Waals surface area contributed by atoms with Crippen molar-refractivity contribution in [2.45, 2.75) is 104 Å². The molecule has 0 radical (unpaired) electrons. The predicted molar refractivity (Wildman–Crippen MR) is 98.8 cm³/mol. The van der Waals surface area contributed by atoms with Crippen molar-refractivity contribution in [3.05, 3.63) is 0 Å². The molecule has 0 aliphatic rings. The Bertz CT molecular complexity index is 396. The average Bonchev–Trinajstić information content (AvgIpc) is 2.54. The minimum absolute atomic E-state index is 0.559. The molecule has 4 nitrogen and oxygen atoms in total. The summed E-state index contributed by atoms with van der Waals surface area (Å²) in [6.45, 7) is 6.61. The maximum absolute atomic E-state index is 13.6. The summed E-state index contributed by atoms with van der Waals surface area (Å²) in [5, 5.41) is 17.5. The number of rotatable bonds is 15. The van der Waals surface area contributed by atoms with Gasteiger partial charge in [-0.1, -0.05) is 79.1 Å². The number of carboxylic acid groups (broad SMARTS) is 2. The topological polar surface area (TPSA) is 74.6 Å². The van der Waals surface area contributed by atoms with Crippen molar-refractivity contribution in [3.63, 3.8) is 0 Å². The molecule has 0 bridgehead atoms. The summed E-state index contributed by atoms with van der Waals surface area (Å²) in [7, 11) is 0. The first kappa shape index (κ1) is 24.8. The van der Waals surface area contributed by atoms with Gasteiger partial charge >= 0.3 is 11.9 Å². The number of carbonyl (C=O) groups is 2. The van der Waals surface area contributed by atoms with E-state index in [9.17, 15) is 18.4 Å². The van der Waals surface area contributed by atoms with Gasteiger partial charge in [0.1, 0.15) is 0 Å². The van der Waals surface area contributed by atoms with Gasteiger partial charge in [0.05, 0.1) is 0 Å². The molecular formula is C20H36F2O4. The van der Waals surface area contributed by atoms with E-state index in [-0.39, 0.29) is 0 Å². The largest absolute Gasteiger partial charge is 0.479 e. The minimum atomic E-state index is -1.82. The van der Waals surface area contributed by atoms with Crippen LogP contribution in [0.4, 0.5) is 8.78 Å². The first-order valence-electron chi connectivity index (χ1n) is 9.65. The van der Waals surface area contributed by atoms with E-state index >= 15 is 0 Å². The SMILES string of the molecule is CC(C)(CCCCCCCCCCC(C)(C)[C@@H](F)C(=O)O)[C@@H](F)C(=O)O. The lowest BCUT2D eigenvalue weighted by Gasteiger charge is -2.26. The van der Waals surface area contributed by atoms with Crippen LogP contribution < -0.4 is 0 Å². The monoisotopic (exact) mass is 378 g/mol. The van der Waals surface area contributed by atoms with E-state index in [0.717, 1.165) is 51.4 Å². The number of halogens is 2. The van der Waals surface area contributed by atoms with Crippen LogP contribution in [0.15, 0.2) is 0 Å². The van der Waals surface area contributed by atoms with Crippen molar-refractivity contribution in [3.8, 4) is 0 Å². The Morgan fingerprint density at radius 3 is 1.12 bits per heavy atom. The van der Waals surface area contributed by atoms with Crippen molar-refractivity contribution >= 4 is 11.9 Å². The lowest BCUT2D eigenvalue weighted by atomic mass is 9.82. The molecule has 0 aromatic carbocycles. The second-order valence-corrected chi connectivity index (χ2v) is 8.71. The first-order valence-corrected chi connectivity index (χ1v) is 9.65. The quantitative estimate of drug-likeness (QED) is 0.354. The van der Waals surface area contributed by atoms with Crippen molar-refractivity contribution in [1.82, 2.24) is 0 Å². The molecule has 0 aliphatic carbocycles. The van der Waals surface area contributed by atoms with Gasteiger partial charge in [0, 0.05) is 10.8 Å². The summed E-state index contributed by atoms with van der Waals surface area (Å²) in [5.74, 6) is -2.78. The molecule has 0 aromatic rings. The second-order valence-electron chi connectivity index (χ2n) is 8.71. The molecule has 0 unspecified atom stereocenters. The van der Waals surface area contributed by atoms with Crippen LogP contribution in [0.3, 0.4) is 0 Å². The average molecular weight is 379 g/mol. The van der Waals surface area contributed by atoms with Gasteiger partial charge in [0.2, 0.25) is 12.3 Å². The van der Waals surface area contributed by atoms with Crippen LogP contribution in [0.25, 0.3) is 0 Å². The molecule has 0 heterocycles. The third-order valence-corrected chi connectivity index (χ3v) is 5.20. The van der Waals surface area contributed by atoms with E-state index in [1.54, 1.807) is 27.7 Å². The fourth-order valence-corrected chi connectivity index (χ4v) is 3.14. The summed E-state index contributed by atoms with van der Waals surface area (Å²) in [6.07, 6.45) is 5.26. The lowest BCUT2D eigenvalue weighted by molar-refractivity contribution is -0.148. The highest BCUT2D eigenvalue weighted by molar-refractivity contribution is 5.73. The van der Waals surface area contributed by atoms with Crippen molar-refractivity contribution < 1.29 is 28.6 Å². The van der Waals surface area contributed by atoms with Gasteiger partial charge in [0.15, 0.2) is 0 Å². The molecule has 0 amide bonds. The zero-order valence-corrected chi connectivity index (χ0v) is 16.7. The van der Waals surface area contributed by atoms with Crippen molar-refractivity contribution in [2.75, 3.05) is 0 Å². The Hall–Kier alpha value is -1.20. The van der Waals surface area contributed by atoms with E-state index in [1.165, 1.54) is 0 Å². The highest BCUT2D eigenvalue weighted by atomic mass is 19.1. The third-order valence-electron chi connectivity index (χ3n) is 5.20. The number of aliphatic carboxylic acids is 2. The number of alkyl halides is 2. The van der Waals surface area contributed by atoms with Crippen LogP contribution in [0.2, 0.25) is 0 Å². The molecule has 26 heavy (non-hydrogen) atoms. The van der Waals surface area contributed by atoms with Gasteiger partial charge in [-0.25, -0.2) is 18.4 Å². The van der Waals surface area contributed by atoms with E-state index in [4.69, 9.17) is 10.2 Å². The van der Waals surface area contributed by atoms with Gasteiger partial charge in [-0.15, -0.1) is 0 Å². The molecule has 0 saturated heterocycles. The Balaban J connectivity index is 3.69. The lowest BCUT2D eigenvalue weighted by Crippen LogP contribution is -2.32. The maximum Gasteiger partial charge on any atom is 0.338 e. The third kappa shape index (κ3) is 9.48. The van der Waals surface area contributed by atoms with E-state index in [1.807, 2.05) is 0 Å². The summed E-state index contributed by atoms with van der Waals surface area (Å²) in [4.78, 5) is 21.4. The van der Waals surface area contributed by atoms with Crippen LogP contribution in [-0.4, -0.2) is 34.5 Å². The van der Waals surface area contributed by atoms with Gasteiger partial charge < -0.3 is 10.2 Å². The summed E-state index contributed by atoms with van der Waals surface area (Å²) < 4.78 is 27.1. The zero-order valence-electron chi connectivity index (χ0n) is 16.7. The standard InChI is InChI=1S/C20H36F2O4/c1-19(2,15(21)17(23)24)13-11-9-7-5-6-8-10-12-14-20(3,4)16(22)18(25)26/h15-16H,5-14H2,1-4H3,(H,23,24)(H,25,26)/t15-,16-/m0/s1. The molecule has 0 aromatic heterocycles. The Morgan fingerprint density at radius 2 is 0.885 bits per heavy atom. The van der Waals surface area contributed by atoms with Crippen LogP contribution in [-0.2, 0) is 9.59 Å². The van der Waals surface area contributed by atoms with Crippen LogP contribution in [0.5, 0.6) is 0 Å². The number of unbranched alkanes of at least 4 members (excludes halogenated alkanes) is 7. The maximum atomic E-state index is 13.6. The number of carboxylic acids is 2. The zero-order chi connectivity index (χ0) is 20.4. The smallest absolute Gasteiger partial charge is 0.338 e. The molecule has 2 N–H and O–H groups in total. The van der Waals surface area contributed by atoms with Crippen LogP contribution in [0.1, 0.15) is 91.9 Å². The fourth-order valence-electron chi connectivity index (χ4n) is 3.14. The van der Waals surface area contributed by atoms with Crippen molar-refractivity contribution in [2.24, 2.45) is 10.8 Å². The van der Waals surface area contributed by atoms with Crippen LogP contribution in [0, 0.1) is 10.8 Å². The first-order chi connectivity index (χ1) is 11.9. The normalized spacial score (nSPS) is 14.8. The highest BCUT2D eigenvalue weighted by Crippen LogP contribution is 2.31. The molecule has 0 spiro atoms. The molecule has 154 valence electrons. The van der Waals surface area contributed by atoms with Gasteiger partial charge in [-0.3, -0.25) is 0 Å². The molecule has 6 heteroatoms. The summed E-state index contributed by atoms with van der Waals surface area (Å²) in [5.41, 5.74) is -1.66. The Labute approximate surface area is 156 Å². The summed E-state index contributed by atoms with van der Waals surface area (Å²) in [6, 6.07) is 0. The minimum Gasteiger partial charge on any atom is -0.479 e. The van der Waals surface area contributed by atoms with Gasteiger partial charge in [-0.2, -0.15) is 0 Å². The van der Waals surface area contributed by atoms with Crippen molar-refractivity contribution in [1.29, 1.82) is 0 Å². The van der Waals surface area contributed by atoms with Gasteiger partial charge in [-0.05, 0) is 12.8 Å². The molecule has 2 atom stereocenters. The van der Waals surface area contributed by atoms with E-state index in [0.29, 0.717) is 12.8 Å². The molecule has 0 fully saturated rings. The molecular weight excluding hydrogens is 342 g/mol. The summed E-state index contributed by atoms with van der Waals surface area (Å²) >= 11 is 0. The highest BCUT2D eigenvalue weighted by Gasteiger charge is 2.35. The number of hydrogen-bond acceptors (Lipinski definition) is 2. The van der Waals surface area contributed by atoms with E-state index in [2.05, 4.69) is 0 Å². The number of hydrogen-bond donors (Lipinski definition) is 2. The predicted octanol–water partition coefficient (Wildman–Crippen LogP) is 5.79. The van der Waals surface area contributed by atoms with Crippen LogP contribution >= 0.6 is 0 Å². The van der Waals surface area contributed by atoms with Gasteiger partial charge in [0.25, 0.3) is 0 Å². The Morgan fingerprint density at radius 1 is 0.654 bits per heavy atom. The molecule has 0 aliphatic heterocycles. The fraction of sp³-hybridized carbons (Fsp3) is 0.900.